The van der Waals surface area contributed by atoms with Crippen molar-refractivity contribution in [3.05, 3.63) is 33.9 Å². The average molecular weight is 304 g/mol. The second kappa shape index (κ2) is 4.87. The second-order valence-electron chi connectivity index (χ2n) is 5.57. The SMILES string of the molecule is CC(C)C1(O)CN(c2ccc(C(F)(F)F)cc2[N+](=O)[O-])C1. The standard InChI is InChI=1S/C13H15F3N2O3/c1-8(2)12(19)6-17(7-12)10-4-3-9(13(14,15)16)5-11(10)18(20)21/h3-5,8,19H,6-7H2,1-2H3. The summed E-state index contributed by atoms with van der Waals surface area (Å²) >= 11 is 0. The zero-order chi connectivity index (χ0) is 16.0. The summed E-state index contributed by atoms with van der Waals surface area (Å²) in [6.45, 7) is 3.96. The van der Waals surface area contributed by atoms with Crippen LogP contribution in [0.15, 0.2) is 18.2 Å². The molecule has 1 aliphatic rings. The van der Waals surface area contributed by atoms with E-state index in [4.69, 9.17) is 0 Å². The third-order valence-corrected chi connectivity index (χ3v) is 3.84. The summed E-state index contributed by atoms with van der Waals surface area (Å²) < 4.78 is 37.8. The number of aliphatic hydroxyl groups is 1. The lowest BCUT2D eigenvalue weighted by Crippen LogP contribution is -2.64. The lowest BCUT2D eigenvalue weighted by atomic mass is 9.82. The van der Waals surface area contributed by atoms with Crippen molar-refractivity contribution in [2.75, 3.05) is 18.0 Å². The highest BCUT2D eigenvalue weighted by atomic mass is 19.4. The van der Waals surface area contributed by atoms with Crippen LogP contribution in [0.3, 0.4) is 0 Å². The van der Waals surface area contributed by atoms with Crippen LogP contribution in [0.25, 0.3) is 0 Å². The van der Waals surface area contributed by atoms with E-state index < -0.39 is 28.0 Å². The molecule has 1 N–H and O–H groups in total. The van der Waals surface area contributed by atoms with Gasteiger partial charge in [0.25, 0.3) is 5.69 Å². The van der Waals surface area contributed by atoms with Gasteiger partial charge in [-0.25, -0.2) is 0 Å². The van der Waals surface area contributed by atoms with Gasteiger partial charge in [-0.1, -0.05) is 13.8 Å². The molecule has 21 heavy (non-hydrogen) atoms. The number of hydrogen-bond donors (Lipinski definition) is 1. The molecule has 0 unspecified atom stereocenters. The van der Waals surface area contributed by atoms with E-state index in [9.17, 15) is 28.4 Å². The summed E-state index contributed by atoms with van der Waals surface area (Å²) in [5.41, 5.74) is -2.53. The van der Waals surface area contributed by atoms with E-state index in [1.807, 2.05) is 13.8 Å². The maximum absolute atomic E-state index is 12.6. The summed E-state index contributed by atoms with van der Waals surface area (Å²) in [5.74, 6) is -0.0396. The van der Waals surface area contributed by atoms with Crippen molar-refractivity contribution in [1.82, 2.24) is 0 Å². The van der Waals surface area contributed by atoms with E-state index in [2.05, 4.69) is 0 Å². The van der Waals surface area contributed by atoms with Gasteiger partial charge in [-0.2, -0.15) is 13.2 Å². The van der Waals surface area contributed by atoms with Crippen molar-refractivity contribution in [3.8, 4) is 0 Å². The Labute approximate surface area is 119 Å². The van der Waals surface area contributed by atoms with E-state index in [1.165, 1.54) is 4.90 Å². The van der Waals surface area contributed by atoms with Crippen LogP contribution in [-0.2, 0) is 6.18 Å². The second-order valence-corrected chi connectivity index (χ2v) is 5.57. The Hall–Kier alpha value is -1.83. The van der Waals surface area contributed by atoms with Crippen molar-refractivity contribution in [2.24, 2.45) is 5.92 Å². The van der Waals surface area contributed by atoms with Gasteiger partial charge in [-0.3, -0.25) is 10.1 Å². The summed E-state index contributed by atoms with van der Waals surface area (Å²) in [7, 11) is 0. The van der Waals surface area contributed by atoms with Crippen molar-refractivity contribution in [1.29, 1.82) is 0 Å². The number of nitro benzene ring substituents is 1. The van der Waals surface area contributed by atoms with Crippen LogP contribution < -0.4 is 4.90 Å². The van der Waals surface area contributed by atoms with Crippen LogP contribution >= 0.6 is 0 Å². The third-order valence-electron chi connectivity index (χ3n) is 3.84. The fourth-order valence-electron chi connectivity index (χ4n) is 2.26. The maximum atomic E-state index is 12.6. The molecule has 1 aromatic rings. The van der Waals surface area contributed by atoms with E-state index in [1.54, 1.807) is 0 Å². The van der Waals surface area contributed by atoms with Gasteiger partial charge < -0.3 is 10.0 Å². The number of hydrogen-bond acceptors (Lipinski definition) is 4. The molecule has 0 atom stereocenters. The Morgan fingerprint density at radius 1 is 1.38 bits per heavy atom. The summed E-state index contributed by atoms with van der Waals surface area (Å²) in [6.07, 6.45) is -4.63. The van der Waals surface area contributed by atoms with Gasteiger partial charge in [0.05, 0.1) is 10.5 Å². The fourth-order valence-corrected chi connectivity index (χ4v) is 2.26. The Kier molecular flexibility index (Phi) is 3.61. The monoisotopic (exact) mass is 304 g/mol. The Morgan fingerprint density at radius 3 is 2.38 bits per heavy atom. The summed E-state index contributed by atoms with van der Waals surface area (Å²) in [5, 5.41) is 21.1. The molecule has 0 aromatic heterocycles. The van der Waals surface area contributed by atoms with Gasteiger partial charge in [0, 0.05) is 19.2 Å². The van der Waals surface area contributed by atoms with Crippen LogP contribution in [0.1, 0.15) is 19.4 Å². The van der Waals surface area contributed by atoms with Crippen LogP contribution in [0.4, 0.5) is 24.5 Å². The first-order chi connectivity index (χ1) is 9.54. The number of halogens is 3. The van der Waals surface area contributed by atoms with E-state index in [0.29, 0.717) is 6.07 Å². The number of nitro groups is 1. The molecule has 0 saturated carbocycles. The lowest BCUT2D eigenvalue weighted by molar-refractivity contribution is -0.384. The third kappa shape index (κ3) is 2.80. The van der Waals surface area contributed by atoms with Crippen molar-refractivity contribution in [3.63, 3.8) is 0 Å². The molecule has 8 heteroatoms. The van der Waals surface area contributed by atoms with Crippen molar-refractivity contribution >= 4 is 11.4 Å². The smallest absolute Gasteiger partial charge is 0.386 e. The molecular formula is C13H15F3N2O3. The minimum absolute atomic E-state index is 0.0396. The molecule has 2 rings (SSSR count). The normalized spacial score (nSPS) is 17.8. The minimum atomic E-state index is -4.63. The first kappa shape index (κ1) is 15.6. The Bertz CT molecular complexity index is 566. The zero-order valence-electron chi connectivity index (χ0n) is 11.5. The van der Waals surface area contributed by atoms with Gasteiger partial charge in [-0.15, -0.1) is 0 Å². The van der Waals surface area contributed by atoms with Crippen LogP contribution in [0.2, 0.25) is 0 Å². The predicted molar refractivity (Wildman–Crippen MR) is 70.1 cm³/mol. The molecule has 1 saturated heterocycles. The molecule has 116 valence electrons. The molecule has 5 nitrogen and oxygen atoms in total. The van der Waals surface area contributed by atoms with Gasteiger partial charge in [0.15, 0.2) is 0 Å². The topological polar surface area (TPSA) is 66.6 Å². The van der Waals surface area contributed by atoms with Crippen LogP contribution in [-0.4, -0.2) is 28.7 Å². The van der Waals surface area contributed by atoms with Crippen LogP contribution in [0, 0.1) is 16.0 Å². The van der Waals surface area contributed by atoms with Gasteiger partial charge >= 0.3 is 6.18 Å². The fraction of sp³-hybridized carbons (Fsp3) is 0.538. The molecule has 0 amide bonds. The average Bonchev–Trinajstić information content (AvgIpc) is 2.32. The molecule has 1 aromatic carbocycles. The number of alkyl halides is 3. The lowest BCUT2D eigenvalue weighted by Gasteiger charge is -2.50. The van der Waals surface area contributed by atoms with E-state index >= 15 is 0 Å². The molecule has 0 radical (unpaired) electrons. The molecule has 0 aliphatic carbocycles. The van der Waals surface area contributed by atoms with Crippen LogP contribution in [0.5, 0.6) is 0 Å². The number of β-amino-alcohol motifs (C(OH)–C–C–N with tert-alkyl or cyclic N) is 1. The Balaban J connectivity index is 2.32. The highest BCUT2D eigenvalue weighted by Gasteiger charge is 2.45. The number of nitrogens with zero attached hydrogens (tertiary/aromatic N) is 2. The van der Waals surface area contributed by atoms with Crippen molar-refractivity contribution in [2.45, 2.75) is 25.6 Å². The number of benzene rings is 1. The molecule has 0 bridgehead atoms. The quantitative estimate of drug-likeness (QED) is 0.689. The first-order valence-corrected chi connectivity index (χ1v) is 6.37. The Morgan fingerprint density at radius 2 is 1.95 bits per heavy atom. The van der Waals surface area contributed by atoms with Crippen molar-refractivity contribution < 1.29 is 23.2 Å². The highest BCUT2D eigenvalue weighted by molar-refractivity contribution is 5.66. The van der Waals surface area contributed by atoms with Gasteiger partial charge in [0.2, 0.25) is 0 Å². The maximum Gasteiger partial charge on any atom is 0.416 e. The molecule has 0 spiro atoms. The van der Waals surface area contributed by atoms with Gasteiger partial charge in [0.1, 0.15) is 11.3 Å². The van der Waals surface area contributed by atoms with E-state index in [0.717, 1.165) is 12.1 Å². The molecule has 1 fully saturated rings. The first-order valence-electron chi connectivity index (χ1n) is 6.37. The van der Waals surface area contributed by atoms with E-state index in [-0.39, 0.29) is 24.7 Å². The highest BCUT2D eigenvalue weighted by Crippen LogP contribution is 2.40. The van der Waals surface area contributed by atoms with Gasteiger partial charge in [-0.05, 0) is 18.1 Å². The number of anilines is 1. The predicted octanol–water partition coefficient (Wildman–Crippen LogP) is 2.82. The molecule has 1 heterocycles. The largest absolute Gasteiger partial charge is 0.416 e. The zero-order valence-corrected chi connectivity index (χ0v) is 11.5. The molecular weight excluding hydrogens is 289 g/mol. The summed E-state index contributed by atoms with van der Waals surface area (Å²) in [6, 6.07) is 2.43. The molecule has 1 aliphatic heterocycles. The minimum Gasteiger partial charge on any atom is -0.386 e. The summed E-state index contributed by atoms with van der Waals surface area (Å²) in [4.78, 5) is 11.7. The number of rotatable bonds is 3.